The van der Waals surface area contributed by atoms with E-state index in [0.29, 0.717) is 0 Å². The van der Waals surface area contributed by atoms with E-state index in [1.54, 1.807) is 0 Å². The van der Waals surface area contributed by atoms with Gasteiger partial charge in [0, 0.05) is 6.54 Å². The van der Waals surface area contributed by atoms with E-state index in [0.717, 1.165) is 0 Å². The first-order valence-electron chi connectivity index (χ1n) is 14.1. The first-order chi connectivity index (χ1) is 15.4. The van der Waals surface area contributed by atoms with Gasteiger partial charge in [-0.1, -0.05) is 147 Å². The minimum atomic E-state index is 1.20. The molecule has 0 spiro atoms. The summed E-state index contributed by atoms with van der Waals surface area (Å²) in [6, 6.07) is 11.1. The van der Waals surface area contributed by atoms with E-state index in [-0.39, 0.29) is 0 Å². The molecule has 1 aromatic rings. The van der Waals surface area contributed by atoms with Crippen LogP contribution in [0.15, 0.2) is 30.3 Å². The lowest BCUT2D eigenvalue weighted by atomic mass is 10.1. The smallest absolute Gasteiger partial charge is 0.00218 e. The van der Waals surface area contributed by atoms with Gasteiger partial charge in [-0.2, -0.15) is 0 Å². The molecule has 0 fully saturated rings. The summed E-state index contributed by atoms with van der Waals surface area (Å²) in [5.74, 6) is 0. The van der Waals surface area contributed by atoms with Crippen molar-refractivity contribution < 1.29 is 0 Å². The summed E-state index contributed by atoms with van der Waals surface area (Å²) in [5.41, 5.74) is 1.49. The van der Waals surface area contributed by atoms with Gasteiger partial charge in [0.25, 0.3) is 0 Å². The van der Waals surface area contributed by atoms with Gasteiger partial charge < -0.3 is 4.90 Å². The maximum atomic E-state index is 2.76. The molecule has 1 rings (SSSR count). The van der Waals surface area contributed by atoms with Crippen LogP contribution in [0.1, 0.15) is 135 Å². The Kier molecular flexibility index (Phi) is 20.4. The lowest BCUT2D eigenvalue weighted by molar-refractivity contribution is 0.263. The van der Waals surface area contributed by atoms with E-state index >= 15 is 0 Å². The molecule has 0 saturated heterocycles. The molecule has 180 valence electrons. The van der Waals surface area contributed by atoms with Gasteiger partial charge in [-0.15, -0.1) is 0 Å². The van der Waals surface area contributed by atoms with Crippen LogP contribution in [0.25, 0.3) is 0 Å². The third-order valence-corrected chi connectivity index (χ3v) is 6.72. The molecule has 0 atom stereocenters. The summed E-state index contributed by atoms with van der Waals surface area (Å²) >= 11 is 0. The molecule has 0 aliphatic carbocycles. The van der Waals surface area contributed by atoms with Crippen molar-refractivity contribution in [1.82, 2.24) is 4.90 Å². The molecule has 0 saturated carbocycles. The predicted octanol–water partition coefficient (Wildman–Crippen LogP) is 9.59. The van der Waals surface area contributed by atoms with Crippen LogP contribution in [0.4, 0.5) is 0 Å². The zero-order valence-electron chi connectivity index (χ0n) is 21.4. The number of unbranched alkanes of at least 4 members (excludes halogenated alkanes) is 16. The minimum absolute atomic E-state index is 1.20. The first-order valence-corrected chi connectivity index (χ1v) is 14.1. The molecule has 0 amide bonds. The number of benzene rings is 1. The topological polar surface area (TPSA) is 3.24 Å². The Morgan fingerprint density at radius 2 is 0.839 bits per heavy atom. The van der Waals surface area contributed by atoms with E-state index in [2.05, 4.69) is 49.1 Å². The summed E-state index contributed by atoms with van der Waals surface area (Å²) in [5, 5.41) is 0. The Hall–Kier alpha value is -0.820. The second-order valence-electron chi connectivity index (χ2n) is 9.73. The lowest BCUT2D eigenvalue weighted by Gasteiger charge is -2.22. The zero-order chi connectivity index (χ0) is 22.2. The van der Waals surface area contributed by atoms with Crippen LogP contribution in [0.5, 0.6) is 0 Å². The number of hydrogen-bond acceptors (Lipinski definition) is 1. The lowest BCUT2D eigenvalue weighted by Crippen LogP contribution is -2.28. The van der Waals surface area contributed by atoms with Crippen molar-refractivity contribution in [2.45, 2.75) is 136 Å². The van der Waals surface area contributed by atoms with E-state index in [1.807, 2.05) is 0 Å². The summed E-state index contributed by atoms with van der Waals surface area (Å²) in [6.07, 6.45) is 26.9. The Morgan fingerprint density at radius 3 is 1.26 bits per heavy atom. The number of rotatable bonds is 23. The Labute approximate surface area is 196 Å². The monoisotopic (exact) mass is 429 g/mol. The highest BCUT2D eigenvalue weighted by Gasteiger charge is 2.05. The van der Waals surface area contributed by atoms with Gasteiger partial charge in [0.15, 0.2) is 0 Å². The first kappa shape index (κ1) is 28.2. The van der Waals surface area contributed by atoms with Crippen molar-refractivity contribution in [3.8, 4) is 0 Å². The maximum Gasteiger partial charge on any atom is 0.00218 e. The van der Waals surface area contributed by atoms with Crippen LogP contribution in [-0.2, 0) is 6.42 Å². The standard InChI is InChI=1S/C30H55N/c1-3-5-7-9-11-13-15-17-22-27-31(29-26-30-24-20-19-21-25-30)28-23-18-16-14-12-10-8-6-4-2/h19-21,24-25H,3-18,22-23,26-29H2,1-2H3. The Bertz CT molecular complexity index is 433. The molecule has 1 aromatic carbocycles. The van der Waals surface area contributed by atoms with Crippen LogP contribution in [0, 0.1) is 0 Å². The van der Waals surface area contributed by atoms with E-state index in [9.17, 15) is 0 Å². The van der Waals surface area contributed by atoms with Crippen LogP contribution >= 0.6 is 0 Å². The zero-order valence-corrected chi connectivity index (χ0v) is 21.4. The van der Waals surface area contributed by atoms with Crippen LogP contribution < -0.4 is 0 Å². The molecular formula is C30H55N. The third-order valence-electron chi connectivity index (χ3n) is 6.72. The highest BCUT2D eigenvalue weighted by Crippen LogP contribution is 2.13. The van der Waals surface area contributed by atoms with Gasteiger partial charge in [0.05, 0.1) is 0 Å². The summed E-state index contributed by atoms with van der Waals surface area (Å²) in [4.78, 5) is 2.76. The fourth-order valence-corrected chi connectivity index (χ4v) is 4.56. The molecule has 0 aliphatic heterocycles. The molecule has 0 heterocycles. The molecule has 0 unspecified atom stereocenters. The Morgan fingerprint density at radius 1 is 0.452 bits per heavy atom. The molecular weight excluding hydrogens is 374 g/mol. The highest BCUT2D eigenvalue weighted by atomic mass is 15.1. The van der Waals surface area contributed by atoms with E-state index < -0.39 is 0 Å². The van der Waals surface area contributed by atoms with Crippen LogP contribution in [-0.4, -0.2) is 24.5 Å². The van der Waals surface area contributed by atoms with Crippen molar-refractivity contribution in [3.63, 3.8) is 0 Å². The van der Waals surface area contributed by atoms with Gasteiger partial charge in [0.1, 0.15) is 0 Å². The Balaban J connectivity index is 2.14. The van der Waals surface area contributed by atoms with Crippen molar-refractivity contribution in [2.75, 3.05) is 19.6 Å². The van der Waals surface area contributed by atoms with Crippen molar-refractivity contribution in [1.29, 1.82) is 0 Å². The second kappa shape index (κ2) is 22.4. The molecule has 1 heteroatoms. The number of hydrogen-bond donors (Lipinski definition) is 0. The van der Waals surface area contributed by atoms with Gasteiger partial charge in [-0.25, -0.2) is 0 Å². The highest BCUT2D eigenvalue weighted by molar-refractivity contribution is 5.14. The fraction of sp³-hybridized carbons (Fsp3) is 0.800. The van der Waals surface area contributed by atoms with E-state index in [4.69, 9.17) is 0 Å². The average Bonchev–Trinajstić information content (AvgIpc) is 2.80. The van der Waals surface area contributed by atoms with Gasteiger partial charge in [-0.05, 0) is 37.9 Å². The maximum absolute atomic E-state index is 2.76. The summed E-state index contributed by atoms with van der Waals surface area (Å²) < 4.78 is 0. The number of nitrogens with zero attached hydrogens (tertiary/aromatic N) is 1. The molecule has 0 radical (unpaired) electrons. The third kappa shape index (κ3) is 18.5. The summed E-state index contributed by atoms with van der Waals surface area (Å²) in [7, 11) is 0. The van der Waals surface area contributed by atoms with Crippen molar-refractivity contribution in [3.05, 3.63) is 35.9 Å². The van der Waals surface area contributed by atoms with Gasteiger partial charge in [-0.3, -0.25) is 0 Å². The largest absolute Gasteiger partial charge is 0.303 e. The molecule has 0 bridgehead atoms. The van der Waals surface area contributed by atoms with E-state index in [1.165, 1.54) is 147 Å². The predicted molar refractivity (Wildman–Crippen MR) is 141 cm³/mol. The van der Waals surface area contributed by atoms with Crippen molar-refractivity contribution >= 4 is 0 Å². The fourth-order valence-electron chi connectivity index (χ4n) is 4.56. The molecule has 0 aromatic heterocycles. The molecule has 0 N–H and O–H groups in total. The molecule has 1 nitrogen and oxygen atoms in total. The van der Waals surface area contributed by atoms with Crippen molar-refractivity contribution in [2.24, 2.45) is 0 Å². The molecule has 0 aliphatic rings. The van der Waals surface area contributed by atoms with Gasteiger partial charge in [0.2, 0.25) is 0 Å². The van der Waals surface area contributed by atoms with Crippen LogP contribution in [0.2, 0.25) is 0 Å². The quantitative estimate of drug-likeness (QED) is 0.156. The average molecular weight is 430 g/mol. The van der Waals surface area contributed by atoms with Gasteiger partial charge >= 0.3 is 0 Å². The van der Waals surface area contributed by atoms with Crippen LogP contribution in [0.3, 0.4) is 0 Å². The normalized spacial score (nSPS) is 11.5. The second-order valence-corrected chi connectivity index (χ2v) is 9.73. The SMILES string of the molecule is CCCCCCCCCCCN(CCCCCCCCCCC)CCc1ccccc1. The minimum Gasteiger partial charge on any atom is -0.303 e. The summed E-state index contributed by atoms with van der Waals surface area (Å²) in [6.45, 7) is 8.45. The molecule has 31 heavy (non-hydrogen) atoms.